The lowest BCUT2D eigenvalue weighted by atomic mass is 10.1. The van der Waals surface area contributed by atoms with E-state index in [9.17, 15) is 18.0 Å². The molecule has 2 aromatic rings. The zero-order chi connectivity index (χ0) is 24.8. The number of rotatable bonds is 10. The van der Waals surface area contributed by atoms with Gasteiger partial charge in [-0.1, -0.05) is 31.2 Å². The zero-order valence-electron chi connectivity index (χ0n) is 20.1. The Morgan fingerprint density at radius 1 is 1.09 bits per heavy atom. The van der Waals surface area contributed by atoms with Crippen LogP contribution < -0.4 is 14.4 Å². The van der Waals surface area contributed by atoms with Gasteiger partial charge in [-0.25, -0.2) is 8.42 Å². The Bertz CT molecular complexity index is 1080. The predicted molar refractivity (Wildman–Crippen MR) is 130 cm³/mol. The predicted octanol–water partition coefficient (Wildman–Crippen LogP) is 2.63. The molecule has 2 amide bonds. The van der Waals surface area contributed by atoms with Crippen LogP contribution in [0, 0.1) is 13.8 Å². The normalized spacial score (nSPS) is 12.1. The highest BCUT2D eigenvalue weighted by molar-refractivity contribution is 7.92. The molecule has 0 heterocycles. The Hall–Kier alpha value is -3.07. The SMILES string of the molecule is CC[C@H](C(=O)NC)N(Cc1ccc(OC)cc1)C(=O)CN(c1cc(C)ccc1C)S(C)(=O)=O. The van der Waals surface area contributed by atoms with Crippen molar-refractivity contribution >= 4 is 27.5 Å². The maximum absolute atomic E-state index is 13.5. The first-order valence-corrected chi connectivity index (χ1v) is 12.6. The summed E-state index contributed by atoms with van der Waals surface area (Å²) in [5, 5.41) is 2.60. The van der Waals surface area contributed by atoms with Crippen molar-refractivity contribution in [2.24, 2.45) is 0 Å². The molecule has 2 rings (SSSR count). The number of benzene rings is 2. The third kappa shape index (κ3) is 6.71. The molecule has 0 saturated heterocycles. The van der Waals surface area contributed by atoms with Crippen LogP contribution in [0.1, 0.15) is 30.0 Å². The summed E-state index contributed by atoms with van der Waals surface area (Å²) in [5.74, 6) is -0.0993. The van der Waals surface area contributed by atoms with Crippen LogP contribution in [0.5, 0.6) is 5.75 Å². The standard InChI is InChI=1S/C24H33N3O5S/c1-7-21(24(29)25-4)26(15-19-10-12-20(32-5)13-11-19)23(28)16-27(33(6,30)31)22-14-17(2)8-9-18(22)3/h8-14,21H,7,15-16H2,1-6H3,(H,25,29)/t21-/m1/s1. The number of ether oxygens (including phenoxy) is 1. The second-order valence-electron chi connectivity index (χ2n) is 7.97. The first-order valence-electron chi connectivity index (χ1n) is 10.7. The van der Waals surface area contributed by atoms with E-state index in [-0.39, 0.29) is 12.5 Å². The van der Waals surface area contributed by atoms with Crippen LogP contribution >= 0.6 is 0 Å². The topological polar surface area (TPSA) is 96.0 Å². The monoisotopic (exact) mass is 475 g/mol. The van der Waals surface area contributed by atoms with Gasteiger partial charge in [-0.3, -0.25) is 13.9 Å². The molecule has 0 aliphatic carbocycles. The van der Waals surface area contributed by atoms with Crippen LogP contribution in [0.15, 0.2) is 42.5 Å². The number of sulfonamides is 1. The van der Waals surface area contributed by atoms with Gasteiger partial charge in [0.25, 0.3) is 0 Å². The molecule has 0 aliphatic rings. The molecule has 0 bridgehead atoms. The number of amides is 2. The highest BCUT2D eigenvalue weighted by atomic mass is 32.2. The van der Waals surface area contributed by atoms with Crippen LogP contribution in [-0.4, -0.2) is 58.1 Å². The molecule has 180 valence electrons. The van der Waals surface area contributed by atoms with E-state index < -0.39 is 28.5 Å². The fraction of sp³-hybridized carbons (Fsp3) is 0.417. The fourth-order valence-corrected chi connectivity index (χ4v) is 4.50. The van der Waals surface area contributed by atoms with E-state index in [4.69, 9.17) is 4.74 Å². The molecule has 0 spiro atoms. The minimum Gasteiger partial charge on any atom is -0.497 e. The molecule has 9 heteroatoms. The summed E-state index contributed by atoms with van der Waals surface area (Å²) in [7, 11) is -0.677. The molecule has 1 atom stereocenters. The van der Waals surface area contributed by atoms with Gasteiger partial charge in [-0.05, 0) is 55.2 Å². The van der Waals surface area contributed by atoms with Crippen molar-refractivity contribution in [2.45, 2.75) is 39.8 Å². The molecule has 0 radical (unpaired) electrons. The number of anilines is 1. The van der Waals surface area contributed by atoms with E-state index in [0.29, 0.717) is 17.9 Å². The zero-order valence-corrected chi connectivity index (χ0v) is 20.9. The molecule has 1 N–H and O–H groups in total. The number of methoxy groups -OCH3 is 1. The smallest absolute Gasteiger partial charge is 0.244 e. The third-order valence-electron chi connectivity index (χ3n) is 5.46. The average molecular weight is 476 g/mol. The summed E-state index contributed by atoms with van der Waals surface area (Å²) in [6.45, 7) is 5.21. The Balaban J connectivity index is 2.45. The van der Waals surface area contributed by atoms with Crippen molar-refractivity contribution < 1.29 is 22.7 Å². The summed E-state index contributed by atoms with van der Waals surface area (Å²) in [4.78, 5) is 27.5. The number of carbonyl (C=O) groups is 2. The number of aryl methyl sites for hydroxylation is 2. The molecular formula is C24H33N3O5S. The molecule has 0 saturated carbocycles. The molecule has 0 unspecified atom stereocenters. The highest BCUT2D eigenvalue weighted by Crippen LogP contribution is 2.25. The number of carbonyl (C=O) groups excluding carboxylic acids is 2. The number of nitrogens with zero attached hydrogens (tertiary/aromatic N) is 2. The van der Waals surface area contributed by atoms with Crippen LogP contribution in [0.2, 0.25) is 0 Å². The van der Waals surface area contributed by atoms with Gasteiger partial charge in [0.2, 0.25) is 21.8 Å². The van der Waals surface area contributed by atoms with Gasteiger partial charge in [-0.15, -0.1) is 0 Å². The quantitative estimate of drug-likeness (QED) is 0.570. The molecule has 0 fully saturated rings. The van der Waals surface area contributed by atoms with Crippen molar-refractivity contribution in [1.29, 1.82) is 0 Å². The number of hydrogen-bond donors (Lipinski definition) is 1. The van der Waals surface area contributed by atoms with Crippen molar-refractivity contribution in [3.05, 3.63) is 59.2 Å². The second kappa shape index (κ2) is 11.2. The van der Waals surface area contributed by atoms with Gasteiger partial charge < -0.3 is 15.0 Å². The Kier molecular flexibility index (Phi) is 8.87. The van der Waals surface area contributed by atoms with E-state index in [1.54, 1.807) is 32.2 Å². The first kappa shape index (κ1) is 26.2. The van der Waals surface area contributed by atoms with Gasteiger partial charge in [-0.2, -0.15) is 0 Å². The summed E-state index contributed by atoms with van der Waals surface area (Å²) in [6, 6.07) is 11.9. The van der Waals surface area contributed by atoms with E-state index in [1.165, 1.54) is 11.9 Å². The lowest BCUT2D eigenvalue weighted by Gasteiger charge is -2.33. The first-order chi connectivity index (χ1) is 15.5. The van der Waals surface area contributed by atoms with Crippen molar-refractivity contribution in [2.75, 3.05) is 31.3 Å². The van der Waals surface area contributed by atoms with Crippen LogP contribution in [0.3, 0.4) is 0 Å². The van der Waals surface area contributed by atoms with Crippen molar-refractivity contribution in [3.63, 3.8) is 0 Å². The fourth-order valence-electron chi connectivity index (χ4n) is 3.60. The molecule has 0 aromatic heterocycles. The lowest BCUT2D eigenvalue weighted by Crippen LogP contribution is -2.51. The van der Waals surface area contributed by atoms with Crippen molar-refractivity contribution in [1.82, 2.24) is 10.2 Å². The Morgan fingerprint density at radius 3 is 2.24 bits per heavy atom. The molecule has 2 aromatic carbocycles. The summed E-state index contributed by atoms with van der Waals surface area (Å²) >= 11 is 0. The maximum atomic E-state index is 13.5. The summed E-state index contributed by atoms with van der Waals surface area (Å²) in [6.07, 6.45) is 1.45. The van der Waals surface area contributed by atoms with Gasteiger partial charge in [0.05, 0.1) is 19.1 Å². The lowest BCUT2D eigenvalue weighted by molar-refractivity contribution is -0.140. The molecular weight excluding hydrogens is 442 g/mol. The van der Waals surface area contributed by atoms with Crippen LogP contribution in [0.4, 0.5) is 5.69 Å². The number of likely N-dealkylation sites (N-methyl/N-ethyl adjacent to an activating group) is 1. The number of hydrogen-bond acceptors (Lipinski definition) is 5. The second-order valence-corrected chi connectivity index (χ2v) is 9.87. The Morgan fingerprint density at radius 2 is 1.73 bits per heavy atom. The summed E-state index contributed by atoms with van der Waals surface area (Å²) in [5.41, 5.74) is 2.86. The van der Waals surface area contributed by atoms with E-state index in [0.717, 1.165) is 27.3 Å². The van der Waals surface area contributed by atoms with E-state index in [1.807, 2.05) is 38.1 Å². The minimum atomic E-state index is -3.76. The van der Waals surface area contributed by atoms with Crippen molar-refractivity contribution in [3.8, 4) is 5.75 Å². The highest BCUT2D eigenvalue weighted by Gasteiger charge is 2.31. The minimum absolute atomic E-state index is 0.152. The third-order valence-corrected chi connectivity index (χ3v) is 6.58. The molecule has 0 aliphatic heterocycles. The van der Waals surface area contributed by atoms with Gasteiger partial charge in [0.15, 0.2) is 0 Å². The molecule has 8 nitrogen and oxygen atoms in total. The average Bonchev–Trinajstić information content (AvgIpc) is 2.78. The Labute approximate surface area is 196 Å². The maximum Gasteiger partial charge on any atom is 0.244 e. The van der Waals surface area contributed by atoms with E-state index in [2.05, 4.69) is 5.32 Å². The van der Waals surface area contributed by atoms with Crippen LogP contribution in [-0.2, 0) is 26.2 Å². The van der Waals surface area contributed by atoms with Gasteiger partial charge >= 0.3 is 0 Å². The number of nitrogens with one attached hydrogen (secondary N) is 1. The largest absolute Gasteiger partial charge is 0.497 e. The summed E-state index contributed by atoms with van der Waals surface area (Å²) < 4.78 is 31.6. The van der Waals surface area contributed by atoms with Gasteiger partial charge in [0, 0.05) is 13.6 Å². The van der Waals surface area contributed by atoms with Gasteiger partial charge in [0.1, 0.15) is 18.3 Å². The van der Waals surface area contributed by atoms with Crippen LogP contribution in [0.25, 0.3) is 0 Å². The van der Waals surface area contributed by atoms with E-state index >= 15 is 0 Å². The molecule has 33 heavy (non-hydrogen) atoms.